The summed E-state index contributed by atoms with van der Waals surface area (Å²) in [6.45, 7) is 23.2. The van der Waals surface area contributed by atoms with Crippen molar-refractivity contribution in [3.05, 3.63) is 12.3 Å². The number of hydrogen-bond donors (Lipinski definition) is 1. The molecule has 1 aliphatic heterocycles. The molecular weight excluding hydrogens is 572 g/mol. The molecule has 0 saturated carbocycles. The molecular formula is C33H56O11. The van der Waals surface area contributed by atoms with E-state index < -0.39 is 82.3 Å². The number of esters is 4. The lowest BCUT2D eigenvalue weighted by molar-refractivity contribution is -0.301. The van der Waals surface area contributed by atoms with Crippen LogP contribution in [0.4, 0.5) is 0 Å². The van der Waals surface area contributed by atoms with Crippen molar-refractivity contribution in [2.45, 2.75) is 140 Å². The second-order valence-corrected chi connectivity index (χ2v) is 15.6. The maximum Gasteiger partial charge on any atom is 0.311 e. The number of rotatable bonds is 10. The van der Waals surface area contributed by atoms with Crippen LogP contribution in [-0.4, -0.2) is 72.4 Å². The van der Waals surface area contributed by atoms with Crippen molar-refractivity contribution in [1.82, 2.24) is 0 Å². The maximum absolute atomic E-state index is 13.3. The lowest BCUT2D eigenvalue weighted by atomic mass is 9.93. The molecule has 1 aliphatic rings. The van der Waals surface area contributed by atoms with Crippen LogP contribution >= 0.6 is 0 Å². The third-order valence-corrected chi connectivity index (χ3v) is 6.77. The number of hydrogen-bond acceptors (Lipinski definition) is 11. The quantitative estimate of drug-likeness (QED) is 0.196. The van der Waals surface area contributed by atoms with Gasteiger partial charge < -0.3 is 33.5 Å². The molecule has 0 aromatic heterocycles. The molecule has 0 radical (unpaired) electrons. The molecule has 1 fully saturated rings. The van der Waals surface area contributed by atoms with Crippen LogP contribution in [0, 0.1) is 27.6 Å². The second kappa shape index (κ2) is 15.1. The Morgan fingerprint density at radius 1 is 0.705 bits per heavy atom. The first-order chi connectivity index (χ1) is 19.8. The first-order valence-electron chi connectivity index (χ1n) is 15.3. The van der Waals surface area contributed by atoms with Gasteiger partial charge in [0.25, 0.3) is 0 Å². The minimum absolute atomic E-state index is 0.280. The Morgan fingerprint density at radius 2 is 1.11 bits per heavy atom. The summed E-state index contributed by atoms with van der Waals surface area (Å²) in [6.07, 6.45) is -3.85. The number of carbonyl (C=O) groups excluding carboxylic acids is 4. The Kier molecular flexibility index (Phi) is 13.5. The first kappa shape index (κ1) is 39.4. The van der Waals surface area contributed by atoms with Crippen molar-refractivity contribution < 1.29 is 52.7 Å². The number of carbonyl (C=O) groups is 4. The number of aliphatic hydroxyl groups is 1. The molecule has 1 N–H and O–H groups in total. The smallest absolute Gasteiger partial charge is 0.311 e. The highest BCUT2D eigenvalue weighted by Gasteiger charge is 2.55. The van der Waals surface area contributed by atoms with Crippen molar-refractivity contribution in [2.75, 3.05) is 6.61 Å². The van der Waals surface area contributed by atoms with E-state index in [9.17, 15) is 24.3 Å². The van der Waals surface area contributed by atoms with Gasteiger partial charge in [-0.15, -0.1) is 0 Å². The Labute approximate surface area is 263 Å². The molecule has 0 aromatic rings. The summed E-state index contributed by atoms with van der Waals surface area (Å²) >= 11 is 0. The summed E-state index contributed by atoms with van der Waals surface area (Å²) in [5.41, 5.74) is -3.75. The predicted molar refractivity (Wildman–Crippen MR) is 163 cm³/mol. The van der Waals surface area contributed by atoms with Gasteiger partial charge in [-0.25, -0.2) is 0 Å². The van der Waals surface area contributed by atoms with Crippen LogP contribution in [0.5, 0.6) is 0 Å². The largest absolute Gasteiger partial charge is 0.469 e. The lowest BCUT2D eigenvalue weighted by Gasteiger charge is -2.45. The lowest BCUT2D eigenvalue weighted by Crippen LogP contribution is -2.64. The van der Waals surface area contributed by atoms with Gasteiger partial charge in [0.15, 0.2) is 12.2 Å². The van der Waals surface area contributed by atoms with E-state index in [4.69, 9.17) is 28.4 Å². The minimum Gasteiger partial charge on any atom is -0.469 e. The molecule has 7 atom stereocenters. The zero-order valence-electron chi connectivity index (χ0n) is 29.1. The predicted octanol–water partition coefficient (Wildman–Crippen LogP) is 5.11. The molecule has 1 rings (SSSR count). The highest BCUT2D eigenvalue weighted by Crippen LogP contribution is 2.34. The third-order valence-electron chi connectivity index (χ3n) is 6.77. The van der Waals surface area contributed by atoms with E-state index in [0.717, 1.165) is 0 Å². The van der Waals surface area contributed by atoms with Gasteiger partial charge in [0, 0.05) is 5.92 Å². The molecule has 0 bridgehead atoms. The highest BCUT2D eigenvalue weighted by atomic mass is 16.7. The summed E-state index contributed by atoms with van der Waals surface area (Å²) in [5, 5.41) is 10.2. The van der Waals surface area contributed by atoms with Gasteiger partial charge in [-0.3, -0.25) is 19.2 Å². The van der Waals surface area contributed by atoms with Gasteiger partial charge >= 0.3 is 23.9 Å². The second-order valence-electron chi connectivity index (χ2n) is 15.6. The Bertz CT molecular complexity index is 1020. The summed E-state index contributed by atoms with van der Waals surface area (Å²) in [7, 11) is 0. The molecule has 0 unspecified atom stereocenters. The molecule has 0 amide bonds. The number of aliphatic hydroxyl groups excluding tert-OH is 1. The average Bonchev–Trinajstić information content (AvgIpc) is 2.87. The van der Waals surface area contributed by atoms with Gasteiger partial charge in [-0.05, 0) is 95.6 Å². The fraction of sp³-hybridized carbons (Fsp3) is 0.818. The van der Waals surface area contributed by atoms with Crippen LogP contribution in [-0.2, 0) is 47.6 Å². The highest BCUT2D eigenvalue weighted by molar-refractivity contribution is 5.78. The molecule has 11 heteroatoms. The van der Waals surface area contributed by atoms with E-state index in [-0.39, 0.29) is 12.5 Å². The van der Waals surface area contributed by atoms with Crippen LogP contribution in [0.1, 0.15) is 103 Å². The Balaban J connectivity index is 3.76. The fourth-order valence-electron chi connectivity index (χ4n) is 3.55. The SMILES string of the molecule is CC[C@@H](O)[C@H](C)/C=C\O[C@H]1O[C@H](COC(=O)C(C)(C)C)[C@@H](OC(=O)C(C)(C)C)[C@H](OC(=O)C(C)(C)C)[C@H]1OC(=O)C(C)(C)C. The van der Waals surface area contributed by atoms with Crippen LogP contribution in [0.25, 0.3) is 0 Å². The van der Waals surface area contributed by atoms with Gasteiger partial charge in [0.1, 0.15) is 12.7 Å². The van der Waals surface area contributed by atoms with Crippen LogP contribution < -0.4 is 0 Å². The van der Waals surface area contributed by atoms with Crippen molar-refractivity contribution in [3.8, 4) is 0 Å². The number of ether oxygens (including phenoxy) is 6. The van der Waals surface area contributed by atoms with Gasteiger partial charge in [0.2, 0.25) is 12.4 Å². The van der Waals surface area contributed by atoms with E-state index in [0.29, 0.717) is 6.42 Å². The average molecular weight is 629 g/mol. The Hall–Kier alpha value is -2.66. The van der Waals surface area contributed by atoms with Crippen molar-refractivity contribution >= 4 is 23.9 Å². The zero-order valence-corrected chi connectivity index (χ0v) is 29.1. The van der Waals surface area contributed by atoms with E-state index in [1.165, 1.54) is 6.26 Å². The molecule has 44 heavy (non-hydrogen) atoms. The van der Waals surface area contributed by atoms with Gasteiger partial charge in [-0.1, -0.05) is 13.8 Å². The molecule has 254 valence electrons. The van der Waals surface area contributed by atoms with Gasteiger partial charge in [-0.2, -0.15) is 0 Å². The van der Waals surface area contributed by atoms with E-state index in [1.54, 1.807) is 96.1 Å². The molecule has 1 saturated heterocycles. The van der Waals surface area contributed by atoms with Crippen LogP contribution in [0.2, 0.25) is 0 Å². The Morgan fingerprint density at radius 3 is 1.52 bits per heavy atom. The van der Waals surface area contributed by atoms with E-state index >= 15 is 0 Å². The van der Waals surface area contributed by atoms with Crippen LogP contribution in [0.3, 0.4) is 0 Å². The molecule has 0 aromatic carbocycles. The molecule has 0 aliphatic carbocycles. The topological polar surface area (TPSA) is 144 Å². The maximum atomic E-state index is 13.3. The normalized spacial score (nSPS) is 24.7. The first-order valence-corrected chi connectivity index (χ1v) is 15.3. The third kappa shape index (κ3) is 11.7. The zero-order chi connectivity index (χ0) is 34.4. The van der Waals surface area contributed by atoms with Crippen molar-refractivity contribution in [3.63, 3.8) is 0 Å². The van der Waals surface area contributed by atoms with Gasteiger partial charge in [0.05, 0.1) is 34.0 Å². The van der Waals surface area contributed by atoms with Crippen molar-refractivity contribution in [1.29, 1.82) is 0 Å². The fourth-order valence-corrected chi connectivity index (χ4v) is 3.55. The molecule has 11 nitrogen and oxygen atoms in total. The minimum atomic E-state index is -1.40. The standard InChI is InChI=1S/C33H56O11/c1-15-20(34)19(2)16-17-39-25-24(44-29(38)33(12,13)14)23(43-28(37)32(9,10)11)22(42-27(36)31(6,7)8)21(41-25)18-40-26(35)30(3,4)5/h16-17,19-25,34H,15,18H2,1-14H3/b17-16-/t19-,20-,21-,22-,23+,24-,25+/m1/s1. The molecule has 0 spiro atoms. The summed E-state index contributed by atoms with van der Waals surface area (Å²) in [6, 6.07) is 0. The van der Waals surface area contributed by atoms with E-state index in [2.05, 4.69) is 0 Å². The summed E-state index contributed by atoms with van der Waals surface area (Å²) in [4.78, 5) is 52.4. The van der Waals surface area contributed by atoms with Crippen molar-refractivity contribution in [2.24, 2.45) is 27.6 Å². The van der Waals surface area contributed by atoms with E-state index in [1.807, 2.05) is 6.92 Å². The van der Waals surface area contributed by atoms with Crippen LogP contribution in [0.15, 0.2) is 12.3 Å². The molecule has 1 heterocycles. The summed E-state index contributed by atoms with van der Waals surface area (Å²) < 4.78 is 35.5. The monoisotopic (exact) mass is 628 g/mol. The summed E-state index contributed by atoms with van der Waals surface area (Å²) in [5.74, 6) is -2.76.